The Bertz CT molecular complexity index is 1150. The molecule has 230 valence electrons. The molecule has 7 nitrogen and oxygen atoms in total. The van der Waals surface area contributed by atoms with Gasteiger partial charge in [0.2, 0.25) is 11.8 Å². The maximum atomic E-state index is 13.1. The van der Waals surface area contributed by atoms with Gasteiger partial charge in [-0.15, -0.1) is 0 Å². The van der Waals surface area contributed by atoms with Gasteiger partial charge in [0.15, 0.2) is 0 Å². The third-order valence-corrected chi connectivity index (χ3v) is 6.63. The number of hydrogen-bond acceptors (Lipinski definition) is 4. The number of rotatable bonds is 8. The lowest BCUT2D eigenvalue weighted by atomic mass is 9.94. The highest BCUT2D eigenvalue weighted by atomic mass is 19.4. The fourth-order valence-electron chi connectivity index (χ4n) is 4.45. The molecular weight excluding hydrogens is 568 g/mol. The minimum Gasteiger partial charge on any atom is -0.444 e. The molecule has 1 fully saturated rings. The number of ether oxygens (including phenoxy) is 1. The molecule has 0 aliphatic carbocycles. The topological polar surface area (TPSA) is 87.7 Å². The molecule has 42 heavy (non-hydrogen) atoms. The number of likely N-dealkylation sites (tertiary alicyclic amines) is 1. The van der Waals surface area contributed by atoms with E-state index < -0.39 is 58.8 Å². The average Bonchev–Trinajstić information content (AvgIpc) is 3.33. The predicted octanol–water partition coefficient (Wildman–Crippen LogP) is 5.22. The molecule has 2 unspecified atom stereocenters. The Morgan fingerprint density at radius 3 is 1.38 bits per heavy atom. The molecule has 3 amide bonds. The average molecular weight is 602 g/mol. The number of benzene rings is 2. The lowest BCUT2D eigenvalue weighted by Crippen LogP contribution is -2.42. The van der Waals surface area contributed by atoms with Crippen LogP contribution in [-0.2, 0) is 39.5 Å². The third kappa shape index (κ3) is 9.38. The molecule has 1 aliphatic rings. The summed E-state index contributed by atoms with van der Waals surface area (Å²) in [5.41, 5.74) is -1.23. The Balaban J connectivity index is 1.61. The first-order valence-corrected chi connectivity index (χ1v) is 13.3. The molecule has 2 aromatic rings. The van der Waals surface area contributed by atoms with Crippen LogP contribution < -0.4 is 10.6 Å². The van der Waals surface area contributed by atoms with Gasteiger partial charge in [0.05, 0.1) is 23.0 Å². The Morgan fingerprint density at radius 2 is 1.07 bits per heavy atom. The fourth-order valence-corrected chi connectivity index (χ4v) is 4.45. The van der Waals surface area contributed by atoms with Crippen molar-refractivity contribution in [1.29, 1.82) is 0 Å². The van der Waals surface area contributed by atoms with Gasteiger partial charge in [0.25, 0.3) is 0 Å². The van der Waals surface area contributed by atoms with Gasteiger partial charge in [-0.05, 0) is 69.0 Å². The summed E-state index contributed by atoms with van der Waals surface area (Å²) >= 11 is 0. The van der Waals surface area contributed by atoms with E-state index in [0.717, 1.165) is 24.3 Å². The zero-order valence-corrected chi connectivity index (χ0v) is 23.4. The van der Waals surface area contributed by atoms with Crippen molar-refractivity contribution in [2.24, 2.45) is 11.8 Å². The molecule has 0 aromatic heterocycles. The minimum atomic E-state index is -4.46. The molecule has 1 heterocycles. The van der Waals surface area contributed by atoms with Crippen molar-refractivity contribution in [2.45, 2.75) is 51.6 Å². The number of hydrogen-bond donors (Lipinski definition) is 2. The Morgan fingerprint density at radius 1 is 0.714 bits per heavy atom. The first-order valence-electron chi connectivity index (χ1n) is 13.3. The number of nitrogens with zero attached hydrogens (tertiary/aromatic N) is 1. The second-order valence-electron chi connectivity index (χ2n) is 11.1. The van der Waals surface area contributed by atoms with Crippen LogP contribution in [0, 0.1) is 11.8 Å². The first-order chi connectivity index (χ1) is 19.4. The summed E-state index contributed by atoms with van der Waals surface area (Å²) in [5, 5.41) is 5.40. The zero-order chi connectivity index (χ0) is 31.3. The summed E-state index contributed by atoms with van der Waals surface area (Å²) in [7, 11) is 0. The van der Waals surface area contributed by atoms with Crippen LogP contribution in [0.4, 0.5) is 31.1 Å². The van der Waals surface area contributed by atoms with E-state index in [1.807, 2.05) is 0 Å². The van der Waals surface area contributed by atoms with Crippen LogP contribution in [0.25, 0.3) is 0 Å². The van der Waals surface area contributed by atoms with Gasteiger partial charge in [-0.25, -0.2) is 4.79 Å². The summed E-state index contributed by atoms with van der Waals surface area (Å²) in [4.78, 5) is 40.1. The van der Waals surface area contributed by atoms with Gasteiger partial charge in [-0.1, -0.05) is 24.3 Å². The molecule has 0 bridgehead atoms. The van der Waals surface area contributed by atoms with Crippen LogP contribution in [0.1, 0.15) is 43.0 Å². The summed E-state index contributed by atoms with van der Waals surface area (Å²) in [6, 6.07) is 9.11. The van der Waals surface area contributed by atoms with E-state index in [0.29, 0.717) is 11.1 Å². The van der Waals surface area contributed by atoms with Crippen LogP contribution >= 0.6 is 0 Å². The third-order valence-electron chi connectivity index (χ3n) is 6.63. The molecule has 0 radical (unpaired) electrons. The van der Waals surface area contributed by atoms with Crippen molar-refractivity contribution < 1.29 is 45.5 Å². The molecule has 1 aliphatic heterocycles. The summed E-state index contributed by atoms with van der Waals surface area (Å²) in [6.07, 6.45) is -9.11. The minimum absolute atomic E-state index is 0.0853. The number of halogens is 6. The highest BCUT2D eigenvalue weighted by Crippen LogP contribution is 2.30. The molecule has 2 aromatic carbocycles. The number of carbonyl (C=O) groups excluding carboxylic acids is 3. The maximum Gasteiger partial charge on any atom is 0.416 e. The molecule has 13 heteroatoms. The standard InChI is InChI=1S/C29H33F6N3O4/c1-27(2,3)42-26(41)38-16-22(24(39)36-14-12-18-4-8-20(9-5-18)28(30,31)32)23(17-38)25(40)37-15-13-19-6-10-21(11-7-19)29(33,34)35/h4-11,22-23H,12-17H2,1-3H3,(H,36,39)(H,37,40). The number of nitrogens with one attached hydrogen (secondary N) is 2. The van der Waals surface area contributed by atoms with Crippen molar-refractivity contribution in [3.8, 4) is 0 Å². The van der Waals surface area contributed by atoms with Crippen molar-refractivity contribution in [3.63, 3.8) is 0 Å². The molecular formula is C29H33F6N3O4. The number of amides is 3. The van der Waals surface area contributed by atoms with Gasteiger partial charge in [0, 0.05) is 26.2 Å². The van der Waals surface area contributed by atoms with E-state index in [1.54, 1.807) is 20.8 Å². The summed E-state index contributed by atoms with van der Waals surface area (Å²) < 4.78 is 82.1. The number of carbonyl (C=O) groups is 3. The highest BCUT2D eigenvalue weighted by molar-refractivity contribution is 5.89. The van der Waals surface area contributed by atoms with Gasteiger partial charge >= 0.3 is 18.4 Å². The normalized spacial score (nSPS) is 17.6. The molecule has 0 spiro atoms. The second kappa shape index (κ2) is 13.0. The summed E-state index contributed by atoms with van der Waals surface area (Å²) in [5.74, 6) is -2.85. The SMILES string of the molecule is CC(C)(C)OC(=O)N1CC(C(=O)NCCc2ccc(C(F)(F)F)cc2)C(C(=O)NCCc2ccc(C(F)(F)F)cc2)C1. The highest BCUT2D eigenvalue weighted by Gasteiger charge is 2.44. The molecule has 2 atom stereocenters. The smallest absolute Gasteiger partial charge is 0.416 e. The lowest BCUT2D eigenvalue weighted by Gasteiger charge is -2.24. The summed E-state index contributed by atoms with van der Waals surface area (Å²) in [6.45, 7) is 5.05. The molecule has 0 saturated carbocycles. The van der Waals surface area contributed by atoms with Crippen LogP contribution in [-0.4, -0.2) is 54.6 Å². The van der Waals surface area contributed by atoms with E-state index in [1.165, 1.54) is 29.2 Å². The van der Waals surface area contributed by atoms with Gasteiger partial charge in [-0.3, -0.25) is 9.59 Å². The molecule has 2 N–H and O–H groups in total. The number of alkyl halides is 6. The second-order valence-corrected chi connectivity index (χ2v) is 11.1. The van der Waals surface area contributed by atoms with E-state index in [4.69, 9.17) is 4.74 Å². The zero-order valence-electron chi connectivity index (χ0n) is 23.4. The van der Waals surface area contributed by atoms with E-state index >= 15 is 0 Å². The van der Waals surface area contributed by atoms with Crippen LogP contribution in [0.15, 0.2) is 48.5 Å². The van der Waals surface area contributed by atoms with E-state index in [2.05, 4.69) is 10.6 Å². The quantitative estimate of drug-likeness (QED) is 0.406. The van der Waals surface area contributed by atoms with Crippen molar-refractivity contribution in [2.75, 3.05) is 26.2 Å². The maximum absolute atomic E-state index is 13.1. The van der Waals surface area contributed by atoms with Gasteiger partial charge in [0.1, 0.15) is 5.60 Å². The van der Waals surface area contributed by atoms with Crippen molar-refractivity contribution >= 4 is 17.9 Å². The van der Waals surface area contributed by atoms with Crippen molar-refractivity contribution in [3.05, 3.63) is 70.8 Å². The Labute approximate surface area is 239 Å². The Kier molecular flexibility index (Phi) is 10.2. The largest absolute Gasteiger partial charge is 0.444 e. The van der Waals surface area contributed by atoms with Gasteiger partial charge in [-0.2, -0.15) is 26.3 Å². The molecule has 3 rings (SSSR count). The van der Waals surface area contributed by atoms with Crippen molar-refractivity contribution in [1.82, 2.24) is 15.5 Å². The van der Waals surface area contributed by atoms with Crippen LogP contribution in [0.3, 0.4) is 0 Å². The first kappa shape index (κ1) is 32.7. The van der Waals surface area contributed by atoms with Crippen LogP contribution in [0.2, 0.25) is 0 Å². The monoisotopic (exact) mass is 601 g/mol. The predicted molar refractivity (Wildman–Crippen MR) is 141 cm³/mol. The molecule has 1 saturated heterocycles. The lowest BCUT2D eigenvalue weighted by molar-refractivity contribution is -0.138. The van der Waals surface area contributed by atoms with E-state index in [-0.39, 0.29) is 39.0 Å². The Hall–Kier alpha value is -3.77. The fraction of sp³-hybridized carbons (Fsp3) is 0.483. The van der Waals surface area contributed by atoms with E-state index in [9.17, 15) is 40.7 Å². The van der Waals surface area contributed by atoms with Gasteiger partial charge < -0.3 is 20.3 Å². The van der Waals surface area contributed by atoms with Crippen LogP contribution in [0.5, 0.6) is 0 Å².